The molecule has 5 heteroatoms. The number of amides is 1. The molecule has 0 spiro atoms. The van der Waals surface area contributed by atoms with Crippen LogP contribution in [0.1, 0.15) is 22.8 Å². The van der Waals surface area contributed by atoms with Gasteiger partial charge in [0.1, 0.15) is 0 Å². The maximum absolute atomic E-state index is 12.0. The normalized spacial score (nSPS) is 10.3. The molecule has 1 amide bonds. The van der Waals surface area contributed by atoms with E-state index in [1.54, 1.807) is 48.5 Å². The van der Waals surface area contributed by atoms with E-state index in [1.807, 2.05) is 13.0 Å². The minimum Gasteiger partial charge on any atom is -0.481 e. The van der Waals surface area contributed by atoms with Gasteiger partial charge in [-0.3, -0.25) is 14.6 Å². The van der Waals surface area contributed by atoms with Gasteiger partial charge in [0.05, 0.1) is 17.7 Å². The fraction of sp³-hybridized carbons (Fsp3) is 0.235. The fourth-order valence-corrected chi connectivity index (χ4v) is 2.07. The SMILES string of the molecule is CCN(C)C(=O)c1ccc(-c2cccc(CC(=O)O)c2)nc1. The molecule has 0 aliphatic rings. The Morgan fingerprint density at radius 3 is 2.59 bits per heavy atom. The van der Waals surface area contributed by atoms with Crippen LogP contribution in [-0.2, 0) is 11.2 Å². The first kappa shape index (κ1) is 15.7. The molecule has 0 saturated carbocycles. The Bertz CT molecular complexity index is 681. The van der Waals surface area contributed by atoms with E-state index < -0.39 is 5.97 Å². The number of hydrogen-bond acceptors (Lipinski definition) is 3. The molecule has 0 aliphatic heterocycles. The lowest BCUT2D eigenvalue weighted by molar-refractivity contribution is -0.136. The molecule has 0 fully saturated rings. The highest BCUT2D eigenvalue weighted by molar-refractivity contribution is 5.94. The largest absolute Gasteiger partial charge is 0.481 e. The van der Waals surface area contributed by atoms with Gasteiger partial charge in [-0.2, -0.15) is 0 Å². The van der Waals surface area contributed by atoms with Crippen LogP contribution in [0.4, 0.5) is 0 Å². The highest BCUT2D eigenvalue weighted by atomic mass is 16.4. The second kappa shape index (κ2) is 6.85. The van der Waals surface area contributed by atoms with E-state index in [0.717, 1.165) is 11.1 Å². The van der Waals surface area contributed by atoms with Crippen LogP contribution in [0.2, 0.25) is 0 Å². The van der Waals surface area contributed by atoms with Crippen LogP contribution >= 0.6 is 0 Å². The van der Waals surface area contributed by atoms with Crippen LogP contribution in [0, 0.1) is 0 Å². The third-order valence-corrected chi connectivity index (χ3v) is 3.41. The molecule has 0 saturated heterocycles. The summed E-state index contributed by atoms with van der Waals surface area (Å²) in [6.07, 6.45) is 1.53. The molecule has 0 aliphatic carbocycles. The van der Waals surface area contributed by atoms with E-state index >= 15 is 0 Å². The van der Waals surface area contributed by atoms with Gasteiger partial charge in [-0.15, -0.1) is 0 Å². The number of rotatable bonds is 5. The second-order valence-electron chi connectivity index (χ2n) is 5.02. The summed E-state index contributed by atoms with van der Waals surface area (Å²) in [5.41, 5.74) is 2.80. The van der Waals surface area contributed by atoms with Crippen LogP contribution < -0.4 is 0 Å². The number of aromatic nitrogens is 1. The number of carbonyl (C=O) groups is 2. The van der Waals surface area contributed by atoms with Crippen LogP contribution in [-0.4, -0.2) is 40.5 Å². The summed E-state index contributed by atoms with van der Waals surface area (Å²) in [4.78, 5) is 28.7. The van der Waals surface area contributed by atoms with Gasteiger partial charge in [0, 0.05) is 25.4 Å². The number of pyridine rings is 1. The van der Waals surface area contributed by atoms with E-state index in [1.165, 1.54) is 0 Å². The molecule has 2 aromatic rings. The van der Waals surface area contributed by atoms with Crippen LogP contribution in [0.15, 0.2) is 42.6 Å². The third kappa shape index (κ3) is 3.69. The zero-order valence-corrected chi connectivity index (χ0v) is 12.6. The van der Waals surface area contributed by atoms with Crippen LogP contribution in [0.3, 0.4) is 0 Å². The molecule has 5 nitrogen and oxygen atoms in total. The molecule has 0 unspecified atom stereocenters. The van der Waals surface area contributed by atoms with Crippen molar-refractivity contribution in [3.05, 3.63) is 53.7 Å². The van der Waals surface area contributed by atoms with Gasteiger partial charge >= 0.3 is 5.97 Å². The Morgan fingerprint density at radius 2 is 2.00 bits per heavy atom. The minimum absolute atomic E-state index is 0.0221. The maximum Gasteiger partial charge on any atom is 0.307 e. The summed E-state index contributed by atoms with van der Waals surface area (Å²) in [6.45, 7) is 2.55. The molecular formula is C17H18N2O3. The van der Waals surface area contributed by atoms with E-state index in [2.05, 4.69) is 4.98 Å². The van der Waals surface area contributed by atoms with Crippen molar-refractivity contribution in [2.45, 2.75) is 13.3 Å². The molecule has 1 aromatic carbocycles. The molecule has 1 heterocycles. The average Bonchev–Trinajstić information content (AvgIpc) is 2.53. The summed E-state index contributed by atoms with van der Waals surface area (Å²) >= 11 is 0. The standard InChI is InChI=1S/C17H18N2O3/c1-3-19(2)17(22)14-7-8-15(18-11-14)13-6-4-5-12(9-13)10-16(20)21/h4-9,11H,3,10H2,1-2H3,(H,20,21). The first-order chi connectivity index (χ1) is 10.5. The molecule has 2 rings (SSSR count). The van der Waals surface area contributed by atoms with E-state index in [-0.39, 0.29) is 12.3 Å². The van der Waals surface area contributed by atoms with Crippen molar-refractivity contribution < 1.29 is 14.7 Å². The summed E-state index contributed by atoms with van der Waals surface area (Å²) in [7, 11) is 1.74. The van der Waals surface area contributed by atoms with Gasteiger partial charge in [-0.1, -0.05) is 18.2 Å². The fourth-order valence-electron chi connectivity index (χ4n) is 2.07. The van der Waals surface area contributed by atoms with Gasteiger partial charge in [0.2, 0.25) is 0 Å². The molecule has 0 radical (unpaired) electrons. The van der Waals surface area contributed by atoms with E-state index in [4.69, 9.17) is 5.11 Å². The first-order valence-electron chi connectivity index (χ1n) is 7.04. The lowest BCUT2D eigenvalue weighted by Crippen LogP contribution is -2.26. The van der Waals surface area contributed by atoms with Gasteiger partial charge < -0.3 is 10.0 Å². The number of benzene rings is 1. The van der Waals surface area contributed by atoms with Crippen molar-refractivity contribution in [2.24, 2.45) is 0 Å². The van der Waals surface area contributed by atoms with Gasteiger partial charge in [0.25, 0.3) is 5.91 Å². The molecular weight excluding hydrogens is 280 g/mol. The Labute approximate surface area is 129 Å². The highest BCUT2D eigenvalue weighted by Crippen LogP contribution is 2.19. The molecule has 0 bridgehead atoms. The predicted molar refractivity (Wildman–Crippen MR) is 83.6 cm³/mol. The molecule has 22 heavy (non-hydrogen) atoms. The molecule has 114 valence electrons. The Kier molecular flexibility index (Phi) is 4.88. The van der Waals surface area contributed by atoms with E-state index in [0.29, 0.717) is 17.8 Å². The Balaban J connectivity index is 2.23. The number of carboxylic acid groups (broad SMARTS) is 1. The molecule has 1 N–H and O–H groups in total. The quantitative estimate of drug-likeness (QED) is 0.920. The Hall–Kier alpha value is -2.69. The summed E-state index contributed by atoms with van der Waals surface area (Å²) in [5.74, 6) is -0.935. The highest BCUT2D eigenvalue weighted by Gasteiger charge is 2.11. The van der Waals surface area contributed by atoms with Crippen LogP contribution in [0.5, 0.6) is 0 Å². The third-order valence-electron chi connectivity index (χ3n) is 3.41. The van der Waals surface area contributed by atoms with Crippen molar-refractivity contribution in [3.8, 4) is 11.3 Å². The van der Waals surface area contributed by atoms with E-state index in [9.17, 15) is 9.59 Å². The average molecular weight is 298 g/mol. The number of carbonyl (C=O) groups excluding carboxylic acids is 1. The van der Waals surface area contributed by atoms with Crippen molar-refractivity contribution in [2.75, 3.05) is 13.6 Å². The van der Waals surface area contributed by atoms with Gasteiger partial charge in [-0.05, 0) is 30.7 Å². The Morgan fingerprint density at radius 1 is 1.23 bits per heavy atom. The van der Waals surface area contributed by atoms with Gasteiger partial charge in [-0.25, -0.2) is 0 Å². The lowest BCUT2D eigenvalue weighted by atomic mass is 10.0. The van der Waals surface area contributed by atoms with Crippen molar-refractivity contribution >= 4 is 11.9 Å². The first-order valence-corrected chi connectivity index (χ1v) is 7.04. The van der Waals surface area contributed by atoms with Crippen molar-refractivity contribution in [3.63, 3.8) is 0 Å². The summed E-state index contributed by atoms with van der Waals surface area (Å²) < 4.78 is 0. The number of nitrogens with zero attached hydrogens (tertiary/aromatic N) is 2. The number of carboxylic acids is 1. The second-order valence-corrected chi connectivity index (χ2v) is 5.02. The topological polar surface area (TPSA) is 70.5 Å². The number of hydrogen-bond donors (Lipinski definition) is 1. The summed E-state index contributed by atoms with van der Waals surface area (Å²) in [6, 6.07) is 10.8. The molecule has 1 aromatic heterocycles. The minimum atomic E-state index is -0.867. The molecule has 0 atom stereocenters. The number of aliphatic carboxylic acids is 1. The smallest absolute Gasteiger partial charge is 0.307 e. The predicted octanol–water partition coefficient (Wildman–Crippen LogP) is 2.47. The summed E-state index contributed by atoms with van der Waals surface area (Å²) in [5, 5.41) is 8.84. The van der Waals surface area contributed by atoms with Gasteiger partial charge in [0.15, 0.2) is 0 Å². The maximum atomic E-state index is 12.0. The van der Waals surface area contributed by atoms with Crippen molar-refractivity contribution in [1.29, 1.82) is 0 Å². The zero-order chi connectivity index (χ0) is 16.1. The zero-order valence-electron chi connectivity index (χ0n) is 12.6. The lowest BCUT2D eigenvalue weighted by Gasteiger charge is -2.14. The van der Waals surface area contributed by atoms with Crippen LogP contribution in [0.25, 0.3) is 11.3 Å². The monoisotopic (exact) mass is 298 g/mol. The van der Waals surface area contributed by atoms with Crippen molar-refractivity contribution in [1.82, 2.24) is 9.88 Å².